The van der Waals surface area contributed by atoms with E-state index in [0.717, 1.165) is 5.56 Å². The average Bonchev–Trinajstić information content (AvgIpc) is 2.51. The van der Waals surface area contributed by atoms with E-state index < -0.39 is 0 Å². The van der Waals surface area contributed by atoms with Gasteiger partial charge in [0.15, 0.2) is 11.5 Å². The van der Waals surface area contributed by atoms with Crippen molar-refractivity contribution in [3.8, 4) is 11.5 Å². The molecule has 2 N–H and O–H groups in total. The van der Waals surface area contributed by atoms with Crippen molar-refractivity contribution >= 4 is 47.1 Å². The molecule has 1 atom stereocenters. The third-order valence-electron chi connectivity index (χ3n) is 3.01. The van der Waals surface area contributed by atoms with Crippen LogP contribution in [0.25, 0.3) is 0 Å². The first kappa shape index (κ1) is 22.0. The Kier molecular flexibility index (Phi) is 10.2. The number of hydrogen-bond donors (Lipinski definition) is 0. The molecular weight excluding hydrogens is 327 g/mol. The number of rotatable bonds is 5. The van der Waals surface area contributed by atoms with Gasteiger partial charge in [-0.05, 0) is 24.6 Å². The van der Waals surface area contributed by atoms with E-state index in [1.807, 2.05) is 37.3 Å². The maximum absolute atomic E-state index is 11.5. The zero-order chi connectivity index (χ0) is 15.2. The molecule has 0 aliphatic rings. The van der Waals surface area contributed by atoms with Crippen molar-refractivity contribution in [3.63, 3.8) is 0 Å². The summed E-state index contributed by atoms with van der Waals surface area (Å²) >= 11 is 6.10. The summed E-state index contributed by atoms with van der Waals surface area (Å²) in [6, 6.07) is 15.0. The summed E-state index contributed by atoms with van der Waals surface area (Å²) in [6.45, 7) is 3.66. The number of carbonyl (C=O) groups is 1. The zero-order valence-electron chi connectivity index (χ0n) is 12.5. The number of benzene rings is 2. The molecule has 0 bridgehead atoms. The van der Waals surface area contributed by atoms with E-state index in [2.05, 4.69) is 0 Å². The van der Waals surface area contributed by atoms with Crippen LogP contribution in [0.1, 0.15) is 31.9 Å². The normalized spacial score (nSPS) is 10.7. The summed E-state index contributed by atoms with van der Waals surface area (Å²) in [6.07, 6.45) is 0.0996. The Labute approximate surface area is 163 Å². The number of ether oxygens (including phenoxy) is 2. The van der Waals surface area contributed by atoms with Crippen molar-refractivity contribution in [2.24, 2.45) is 0 Å². The van der Waals surface area contributed by atoms with Gasteiger partial charge < -0.3 is 14.9 Å². The molecule has 0 saturated heterocycles. The van der Waals surface area contributed by atoms with Crippen molar-refractivity contribution in [3.05, 3.63) is 59.1 Å². The van der Waals surface area contributed by atoms with E-state index >= 15 is 0 Å². The Bertz CT molecular complexity index is 619. The van der Waals surface area contributed by atoms with Gasteiger partial charge in [-0.15, -0.1) is 0 Å². The van der Waals surface area contributed by atoms with Crippen molar-refractivity contribution in [2.45, 2.75) is 26.4 Å². The summed E-state index contributed by atoms with van der Waals surface area (Å²) in [7, 11) is 0. The predicted octanol–water partition coefficient (Wildman–Crippen LogP) is 3.32. The summed E-state index contributed by atoms with van der Waals surface area (Å²) in [5.41, 5.74) is 1.03. The molecule has 0 fully saturated rings. The maximum atomic E-state index is 11.5. The Morgan fingerprint density at radius 1 is 1.13 bits per heavy atom. The Balaban J connectivity index is 0.00000242. The fraction of sp³-hybridized carbons (Fsp3) is 0.235. The molecule has 0 heterocycles. The molecule has 120 valence electrons. The molecular formula is C17H20ClNaO4. The number of hydrogen-bond acceptors (Lipinski definition) is 3. The Hall–Kier alpha value is -1.04. The predicted molar refractivity (Wildman–Crippen MR) is 93.6 cm³/mol. The first-order valence-corrected chi connectivity index (χ1v) is 7.20. The van der Waals surface area contributed by atoms with E-state index in [1.165, 1.54) is 0 Å². The zero-order valence-corrected chi connectivity index (χ0v) is 13.3. The van der Waals surface area contributed by atoms with Gasteiger partial charge in [0.2, 0.25) is 0 Å². The van der Waals surface area contributed by atoms with Gasteiger partial charge in [0, 0.05) is 6.42 Å². The molecule has 2 aromatic rings. The summed E-state index contributed by atoms with van der Waals surface area (Å²) in [5.74, 6) is 0.384. The molecule has 0 spiro atoms. The van der Waals surface area contributed by atoms with Crippen LogP contribution < -0.4 is 9.47 Å². The molecule has 0 amide bonds. The molecule has 23 heavy (non-hydrogen) atoms. The van der Waals surface area contributed by atoms with E-state index in [-0.39, 0.29) is 59.3 Å². The van der Waals surface area contributed by atoms with Crippen LogP contribution in [0.2, 0.25) is 5.02 Å². The molecule has 0 radical (unpaired) electrons. The van der Waals surface area contributed by atoms with Gasteiger partial charge in [-0.3, -0.25) is 4.79 Å². The van der Waals surface area contributed by atoms with E-state index in [1.54, 1.807) is 25.1 Å². The van der Waals surface area contributed by atoms with Crippen molar-refractivity contribution in [1.29, 1.82) is 0 Å². The van der Waals surface area contributed by atoms with Crippen LogP contribution in [0.5, 0.6) is 11.5 Å². The van der Waals surface area contributed by atoms with Crippen LogP contribution in [0.15, 0.2) is 48.5 Å². The quantitative estimate of drug-likeness (QED) is 0.474. The Morgan fingerprint density at radius 3 is 2.39 bits per heavy atom. The molecule has 6 heteroatoms. The fourth-order valence-corrected chi connectivity index (χ4v) is 2.05. The second-order valence-electron chi connectivity index (χ2n) is 4.57. The number of halogens is 1. The molecule has 0 aliphatic heterocycles. The first-order valence-electron chi connectivity index (χ1n) is 6.82. The molecule has 0 aliphatic carbocycles. The second-order valence-corrected chi connectivity index (χ2v) is 4.97. The number of para-hydroxylation sites is 1. The van der Waals surface area contributed by atoms with Crippen LogP contribution >= 0.6 is 11.6 Å². The van der Waals surface area contributed by atoms with E-state index in [9.17, 15) is 4.79 Å². The fourth-order valence-electron chi connectivity index (χ4n) is 1.85. The van der Waals surface area contributed by atoms with Crippen molar-refractivity contribution in [1.82, 2.24) is 0 Å². The third kappa shape index (κ3) is 6.16. The molecule has 2 rings (SSSR count). The topological polar surface area (TPSA) is 67.0 Å². The van der Waals surface area contributed by atoms with Crippen LogP contribution in [-0.2, 0) is 4.79 Å². The van der Waals surface area contributed by atoms with Crippen LogP contribution in [0, 0.1) is 0 Å². The minimum atomic E-state index is -0.347. The van der Waals surface area contributed by atoms with Gasteiger partial charge in [-0.2, -0.15) is 0 Å². The third-order valence-corrected chi connectivity index (χ3v) is 3.31. The van der Waals surface area contributed by atoms with Gasteiger partial charge in [-0.25, -0.2) is 0 Å². The van der Waals surface area contributed by atoms with Crippen LogP contribution in [0.3, 0.4) is 0 Å². The number of esters is 1. The standard InChI is InChI=1S/C17H17ClO3.Na.H2O.H/c1-3-16(19)21-17-14(18)10-7-11-15(17)20-12(2)13-8-5-4-6-9-13;;;/h4-12H,3H2,1-2H3;;1H2;. The molecule has 4 nitrogen and oxygen atoms in total. The van der Waals surface area contributed by atoms with Gasteiger partial charge in [0.05, 0.1) is 5.02 Å². The van der Waals surface area contributed by atoms with Crippen LogP contribution in [0.4, 0.5) is 0 Å². The summed E-state index contributed by atoms with van der Waals surface area (Å²) in [4.78, 5) is 11.5. The summed E-state index contributed by atoms with van der Waals surface area (Å²) in [5, 5.41) is 0.356. The molecule has 2 aromatic carbocycles. The van der Waals surface area contributed by atoms with Gasteiger partial charge >= 0.3 is 35.5 Å². The average molecular weight is 347 g/mol. The minimum absolute atomic E-state index is 0. The monoisotopic (exact) mass is 346 g/mol. The Morgan fingerprint density at radius 2 is 1.78 bits per heavy atom. The van der Waals surface area contributed by atoms with Crippen molar-refractivity contribution in [2.75, 3.05) is 0 Å². The van der Waals surface area contributed by atoms with Gasteiger partial charge in [-0.1, -0.05) is 54.9 Å². The molecule has 0 saturated carbocycles. The van der Waals surface area contributed by atoms with Crippen molar-refractivity contribution < 1.29 is 19.7 Å². The van der Waals surface area contributed by atoms with E-state index in [0.29, 0.717) is 10.8 Å². The molecule has 0 aromatic heterocycles. The number of carbonyl (C=O) groups excluding carboxylic acids is 1. The van der Waals surface area contributed by atoms with E-state index in [4.69, 9.17) is 21.1 Å². The van der Waals surface area contributed by atoms with Crippen LogP contribution in [-0.4, -0.2) is 41.0 Å². The van der Waals surface area contributed by atoms with Gasteiger partial charge in [0.25, 0.3) is 0 Å². The van der Waals surface area contributed by atoms with Gasteiger partial charge in [0.1, 0.15) is 6.10 Å². The second kappa shape index (κ2) is 10.7. The first-order chi connectivity index (χ1) is 10.1. The SMILES string of the molecule is CCC(=O)Oc1c(Cl)cccc1OC(C)c1ccccc1.O.[NaH]. The molecule has 1 unspecified atom stereocenters. The summed E-state index contributed by atoms with van der Waals surface area (Å²) < 4.78 is 11.2.